The Hall–Kier alpha value is -3.01. The number of amides is 1. The predicted octanol–water partition coefficient (Wildman–Crippen LogP) is 3.06. The number of rotatable bonds is 8. The highest BCUT2D eigenvalue weighted by Crippen LogP contribution is 2.36. The Bertz CT molecular complexity index is 902. The number of hydrogen-bond acceptors (Lipinski definition) is 7. The van der Waals surface area contributed by atoms with Crippen LogP contribution >= 0.6 is 15.9 Å². The summed E-state index contributed by atoms with van der Waals surface area (Å²) in [5, 5.41) is 23.8. The third-order valence-corrected chi connectivity index (χ3v) is 4.58. The van der Waals surface area contributed by atoms with Gasteiger partial charge >= 0.3 is 0 Å². The van der Waals surface area contributed by atoms with Crippen molar-refractivity contribution in [1.29, 1.82) is 0 Å². The van der Waals surface area contributed by atoms with E-state index in [1.54, 1.807) is 0 Å². The van der Waals surface area contributed by atoms with Gasteiger partial charge in [0, 0.05) is 17.7 Å². The minimum absolute atomic E-state index is 0.111. The van der Waals surface area contributed by atoms with Crippen molar-refractivity contribution in [3.63, 3.8) is 0 Å². The molecule has 0 spiro atoms. The monoisotopic (exact) mass is 454 g/mol. The highest BCUT2D eigenvalue weighted by molar-refractivity contribution is 9.10. The summed E-state index contributed by atoms with van der Waals surface area (Å²) in [7, 11) is 4.20. The van der Waals surface area contributed by atoms with E-state index in [1.807, 2.05) is 0 Å². The Kier molecular flexibility index (Phi) is 7.05. The van der Waals surface area contributed by atoms with Crippen molar-refractivity contribution in [2.45, 2.75) is 6.42 Å². The molecule has 0 aliphatic rings. The number of ether oxygens (including phenoxy) is 3. The summed E-state index contributed by atoms with van der Waals surface area (Å²) in [5.74, 6) is 0.238. The van der Waals surface area contributed by atoms with E-state index in [2.05, 4.69) is 21.2 Å². The summed E-state index contributed by atoms with van der Waals surface area (Å²) in [5.41, 5.74) is 0.539. The van der Waals surface area contributed by atoms with E-state index < -0.39 is 10.8 Å². The van der Waals surface area contributed by atoms with E-state index in [1.165, 1.54) is 45.6 Å². The van der Waals surface area contributed by atoms with Crippen LogP contribution in [0.1, 0.15) is 15.9 Å². The molecule has 0 radical (unpaired) electrons. The van der Waals surface area contributed by atoms with Crippen LogP contribution in [0.4, 0.5) is 5.69 Å². The highest BCUT2D eigenvalue weighted by atomic mass is 79.9. The molecule has 0 unspecified atom stereocenters. The lowest BCUT2D eigenvalue weighted by Gasteiger charge is -2.12. The van der Waals surface area contributed by atoms with Gasteiger partial charge in [0.2, 0.25) is 0 Å². The fraction of sp³-hybridized carbons (Fsp3) is 0.278. The average molecular weight is 455 g/mol. The fourth-order valence-corrected chi connectivity index (χ4v) is 3.00. The summed E-state index contributed by atoms with van der Waals surface area (Å²) in [6.07, 6.45) is 0.207. The van der Waals surface area contributed by atoms with Gasteiger partial charge in [-0.25, -0.2) is 0 Å². The third-order valence-electron chi connectivity index (χ3n) is 3.97. The van der Waals surface area contributed by atoms with Crippen LogP contribution in [0.2, 0.25) is 0 Å². The number of hydrogen-bond donors (Lipinski definition) is 2. The van der Waals surface area contributed by atoms with Crippen molar-refractivity contribution >= 4 is 27.5 Å². The molecular formula is C18H19BrN2O7. The molecule has 150 valence electrons. The van der Waals surface area contributed by atoms with Crippen molar-refractivity contribution < 1.29 is 29.0 Å². The number of phenols is 1. The van der Waals surface area contributed by atoms with Crippen LogP contribution in [0, 0.1) is 10.1 Å². The zero-order valence-electron chi connectivity index (χ0n) is 15.4. The lowest BCUT2D eigenvalue weighted by molar-refractivity contribution is -0.385. The maximum absolute atomic E-state index is 12.4. The first-order valence-corrected chi connectivity index (χ1v) is 8.85. The van der Waals surface area contributed by atoms with Crippen LogP contribution in [-0.4, -0.2) is 43.8 Å². The second-order valence-corrected chi connectivity index (χ2v) is 6.46. The van der Waals surface area contributed by atoms with E-state index in [9.17, 15) is 20.0 Å². The molecule has 0 aliphatic heterocycles. The number of methoxy groups -OCH3 is 3. The molecule has 0 aliphatic carbocycles. The second-order valence-electron chi connectivity index (χ2n) is 5.61. The first-order valence-electron chi connectivity index (χ1n) is 8.06. The standard InChI is InChI=1S/C18H19BrN2O7/c1-26-14-7-10(13(21(24)25)9-15(14)27-2)4-5-20-18(23)11-6-12(19)17(22)16(8-11)28-3/h6-9,22H,4-5H2,1-3H3,(H,20,23). The molecule has 9 nitrogen and oxygen atoms in total. The van der Waals surface area contributed by atoms with E-state index in [4.69, 9.17) is 14.2 Å². The van der Waals surface area contributed by atoms with Gasteiger partial charge in [0.25, 0.3) is 11.6 Å². The van der Waals surface area contributed by atoms with Gasteiger partial charge in [-0.15, -0.1) is 0 Å². The number of aromatic hydroxyl groups is 1. The maximum Gasteiger partial charge on any atom is 0.276 e. The van der Waals surface area contributed by atoms with Crippen molar-refractivity contribution in [2.75, 3.05) is 27.9 Å². The molecule has 0 bridgehead atoms. The summed E-state index contributed by atoms with van der Waals surface area (Å²) >= 11 is 3.16. The number of carbonyl (C=O) groups excluding carboxylic acids is 1. The van der Waals surface area contributed by atoms with E-state index in [0.717, 1.165) is 0 Å². The lowest BCUT2D eigenvalue weighted by atomic mass is 10.1. The van der Waals surface area contributed by atoms with Crippen molar-refractivity contribution in [1.82, 2.24) is 5.32 Å². The molecule has 2 aromatic carbocycles. The number of benzene rings is 2. The summed E-state index contributed by atoms with van der Waals surface area (Å²) in [4.78, 5) is 23.2. The molecular weight excluding hydrogens is 436 g/mol. The number of nitro groups is 1. The molecule has 0 aromatic heterocycles. The van der Waals surface area contributed by atoms with Gasteiger partial charge in [0.05, 0.1) is 36.8 Å². The van der Waals surface area contributed by atoms with Crippen molar-refractivity contribution in [3.8, 4) is 23.0 Å². The van der Waals surface area contributed by atoms with Gasteiger partial charge < -0.3 is 24.6 Å². The molecule has 0 heterocycles. The molecule has 10 heteroatoms. The average Bonchev–Trinajstić information content (AvgIpc) is 2.68. The first kappa shape index (κ1) is 21.3. The van der Waals surface area contributed by atoms with Crippen molar-refractivity contribution in [2.24, 2.45) is 0 Å². The minimum Gasteiger partial charge on any atom is -0.503 e. The highest BCUT2D eigenvalue weighted by Gasteiger charge is 2.20. The Balaban J connectivity index is 2.16. The van der Waals surface area contributed by atoms with Crippen LogP contribution in [0.3, 0.4) is 0 Å². The summed E-state index contributed by atoms with van der Waals surface area (Å²) in [6, 6.07) is 5.65. The van der Waals surface area contributed by atoms with Crippen LogP contribution < -0.4 is 19.5 Å². The third kappa shape index (κ3) is 4.63. The second kappa shape index (κ2) is 9.27. The van der Waals surface area contributed by atoms with Gasteiger partial charge in [0.15, 0.2) is 23.0 Å². The predicted molar refractivity (Wildman–Crippen MR) is 105 cm³/mol. The van der Waals surface area contributed by atoms with E-state index in [-0.39, 0.29) is 41.5 Å². The SMILES string of the molecule is COc1cc(CCNC(=O)c2cc(Br)c(O)c(OC)c2)c([N+](=O)[O-])cc1OC. The molecule has 0 atom stereocenters. The van der Waals surface area contributed by atoms with Crippen LogP contribution in [0.25, 0.3) is 0 Å². The van der Waals surface area contributed by atoms with Crippen LogP contribution in [0.5, 0.6) is 23.0 Å². The fourth-order valence-electron chi connectivity index (χ4n) is 2.55. The molecule has 2 rings (SSSR count). The smallest absolute Gasteiger partial charge is 0.276 e. The van der Waals surface area contributed by atoms with Gasteiger partial charge in [-0.2, -0.15) is 0 Å². The zero-order chi connectivity index (χ0) is 20.8. The topological polar surface area (TPSA) is 120 Å². The number of nitrogens with one attached hydrogen (secondary N) is 1. The van der Waals surface area contributed by atoms with Gasteiger partial charge in [0.1, 0.15) is 0 Å². The molecule has 2 N–H and O–H groups in total. The van der Waals surface area contributed by atoms with Gasteiger partial charge in [-0.05, 0) is 40.5 Å². The lowest BCUT2D eigenvalue weighted by Crippen LogP contribution is -2.26. The largest absolute Gasteiger partial charge is 0.503 e. The Morgan fingerprint density at radius 1 is 1.11 bits per heavy atom. The number of nitrogens with zero attached hydrogens (tertiary/aromatic N) is 1. The Morgan fingerprint density at radius 2 is 1.71 bits per heavy atom. The Morgan fingerprint density at radius 3 is 2.29 bits per heavy atom. The molecule has 0 saturated heterocycles. The summed E-state index contributed by atoms with van der Waals surface area (Å²) in [6.45, 7) is 0.149. The number of carbonyl (C=O) groups is 1. The molecule has 0 fully saturated rings. The molecule has 0 saturated carbocycles. The van der Waals surface area contributed by atoms with E-state index >= 15 is 0 Å². The molecule has 1 amide bonds. The number of phenolic OH excluding ortho intramolecular Hbond substituents is 1. The first-order chi connectivity index (χ1) is 13.3. The molecule has 2 aromatic rings. The normalized spacial score (nSPS) is 10.3. The van der Waals surface area contributed by atoms with Gasteiger partial charge in [-0.1, -0.05) is 0 Å². The molecule has 28 heavy (non-hydrogen) atoms. The minimum atomic E-state index is -0.513. The quantitative estimate of drug-likeness (QED) is 0.464. The maximum atomic E-state index is 12.4. The zero-order valence-corrected chi connectivity index (χ0v) is 17.0. The number of nitro benzene ring substituents is 1. The van der Waals surface area contributed by atoms with Crippen LogP contribution in [0.15, 0.2) is 28.7 Å². The summed E-state index contributed by atoms with van der Waals surface area (Å²) < 4.78 is 15.6. The Labute approximate surface area is 169 Å². The van der Waals surface area contributed by atoms with Crippen LogP contribution in [-0.2, 0) is 6.42 Å². The van der Waals surface area contributed by atoms with Crippen molar-refractivity contribution in [3.05, 3.63) is 50.0 Å². The van der Waals surface area contributed by atoms with Gasteiger partial charge in [-0.3, -0.25) is 14.9 Å². The van der Waals surface area contributed by atoms with E-state index in [0.29, 0.717) is 15.8 Å². The number of halogens is 1.